The zero-order valence-corrected chi connectivity index (χ0v) is 9.37. The molecular formula is C13H15NO. The van der Waals surface area contributed by atoms with Gasteiger partial charge in [0.1, 0.15) is 0 Å². The van der Waals surface area contributed by atoms with E-state index in [0.717, 1.165) is 22.4 Å². The number of Topliss-reactive ketones (excluding diaryl/α,β-unsaturated/α-hetero) is 1. The van der Waals surface area contributed by atoms with Crippen molar-refractivity contribution in [2.45, 2.75) is 20.8 Å². The number of hydrogen-bond donors (Lipinski definition) is 0. The Morgan fingerprint density at radius 3 is 2.60 bits per heavy atom. The number of carbonyl (C=O) groups excluding carboxylic acids is 1. The minimum atomic E-state index is 0.0816. The molecule has 0 fully saturated rings. The number of carbonyl (C=O) groups is 1. The second kappa shape index (κ2) is 4.69. The molecular weight excluding hydrogens is 186 g/mol. The summed E-state index contributed by atoms with van der Waals surface area (Å²) in [5.74, 6) is 0.0816. The van der Waals surface area contributed by atoms with E-state index >= 15 is 0 Å². The van der Waals surface area contributed by atoms with Gasteiger partial charge in [-0.25, -0.2) is 0 Å². The highest BCUT2D eigenvalue weighted by atomic mass is 16.1. The van der Waals surface area contributed by atoms with Gasteiger partial charge in [-0.2, -0.15) is 0 Å². The van der Waals surface area contributed by atoms with Crippen LogP contribution in [0.3, 0.4) is 0 Å². The first-order valence-corrected chi connectivity index (χ1v) is 4.82. The standard InChI is InChI=1S/C13H15NO/c1-9(2)14-8-12-6-5-7-13(10(12)3)11(4)15/h5-8H,1H2,2-4H3. The quantitative estimate of drug-likeness (QED) is 0.545. The zero-order chi connectivity index (χ0) is 11.4. The summed E-state index contributed by atoms with van der Waals surface area (Å²) in [7, 11) is 0. The fraction of sp³-hybridized carbons (Fsp3) is 0.231. The van der Waals surface area contributed by atoms with Crippen LogP contribution in [0.4, 0.5) is 0 Å². The fourth-order valence-corrected chi connectivity index (χ4v) is 1.35. The summed E-state index contributed by atoms with van der Waals surface area (Å²) >= 11 is 0. The molecule has 1 rings (SSSR count). The van der Waals surface area contributed by atoms with Gasteiger partial charge in [-0.1, -0.05) is 24.8 Å². The van der Waals surface area contributed by atoms with Crippen molar-refractivity contribution in [3.05, 3.63) is 47.2 Å². The van der Waals surface area contributed by atoms with Crippen LogP contribution in [0.25, 0.3) is 0 Å². The first kappa shape index (κ1) is 11.4. The lowest BCUT2D eigenvalue weighted by Crippen LogP contribution is -1.99. The van der Waals surface area contributed by atoms with Crippen molar-refractivity contribution >= 4 is 12.0 Å². The summed E-state index contributed by atoms with van der Waals surface area (Å²) in [5, 5.41) is 0. The Kier molecular flexibility index (Phi) is 3.56. The van der Waals surface area contributed by atoms with Gasteiger partial charge < -0.3 is 0 Å². The second-order valence-electron chi connectivity index (χ2n) is 3.57. The Bertz CT molecular complexity index is 430. The zero-order valence-electron chi connectivity index (χ0n) is 9.37. The van der Waals surface area contributed by atoms with Crippen LogP contribution in [-0.2, 0) is 0 Å². The van der Waals surface area contributed by atoms with Crippen molar-refractivity contribution in [2.24, 2.45) is 4.99 Å². The molecule has 0 N–H and O–H groups in total. The topological polar surface area (TPSA) is 29.4 Å². The van der Waals surface area contributed by atoms with Crippen molar-refractivity contribution in [1.82, 2.24) is 0 Å². The van der Waals surface area contributed by atoms with Crippen LogP contribution >= 0.6 is 0 Å². The Labute approximate surface area is 90.4 Å². The van der Waals surface area contributed by atoms with Gasteiger partial charge in [-0.3, -0.25) is 9.79 Å². The number of nitrogens with zero attached hydrogens (tertiary/aromatic N) is 1. The van der Waals surface area contributed by atoms with Gasteiger partial charge in [0.2, 0.25) is 0 Å². The van der Waals surface area contributed by atoms with Gasteiger partial charge in [0.05, 0.1) is 0 Å². The van der Waals surface area contributed by atoms with E-state index < -0.39 is 0 Å². The van der Waals surface area contributed by atoms with Gasteiger partial charge in [0, 0.05) is 17.5 Å². The second-order valence-corrected chi connectivity index (χ2v) is 3.57. The summed E-state index contributed by atoms with van der Waals surface area (Å²) in [6.45, 7) is 9.03. The Balaban J connectivity index is 3.15. The predicted octanol–water partition coefficient (Wildman–Crippen LogP) is 3.15. The first-order chi connectivity index (χ1) is 7.02. The maximum absolute atomic E-state index is 11.3. The highest BCUT2D eigenvalue weighted by molar-refractivity contribution is 5.98. The Morgan fingerprint density at radius 1 is 1.40 bits per heavy atom. The maximum atomic E-state index is 11.3. The number of benzene rings is 1. The number of aliphatic imine (C=N–C) groups is 1. The van der Waals surface area contributed by atoms with Crippen LogP contribution in [0.1, 0.15) is 35.3 Å². The number of hydrogen-bond acceptors (Lipinski definition) is 2. The number of rotatable bonds is 3. The predicted molar refractivity (Wildman–Crippen MR) is 63.6 cm³/mol. The monoisotopic (exact) mass is 201 g/mol. The van der Waals surface area contributed by atoms with Crippen molar-refractivity contribution in [2.75, 3.05) is 0 Å². The molecule has 0 amide bonds. The highest BCUT2D eigenvalue weighted by Crippen LogP contribution is 2.13. The molecule has 0 saturated carbocycles. The third-order valence-electron chi connectivity index (χ3n) is 2.18. The third kappa shape index (κ3) is 2.88. The average Bonchev–Trinajstić information content (AvgIpc) is 2.15. The molecule has 1 aromatic rings. The molecule has 0 unspecified atom stereocenters. The SMILES string of the molecule is C=C(C)N=Cc1cccc(C(C)=O)c1C. The van der Waals surface area contributed by atoms with Crippen molar-refractivity contribution in [3.63, 3.8) is 0 Å². The maximum Gasteiger partial charge on any atom is 0.160 e. The molecule has 0 aliphatic rings. The lowest BCUT2D eigenvalue weighted by atomic mass is 10.0. The molecule has 0 heterocycles. The molecule has 2 heteroatoms. The van der Waals surface area contributed by atoms with E-state index in [0.29, 0.717) is 0 Å². The minimum absolute atomic E-state index is 0.0816. The highest BCUT2D eigenvalue weighted by Gasteiger charge is 2.05. The summed E-state index contributed by atoms with van der Waals surface area (Å²) in [4.78, 5) is 15.4. The molecule has 0 spiro atoms. The van der Waals surface area contributed by atoms with E-state index in [-0.39, 0.29) is 5.78 Å². The van der Waals surface area contributed by atoms with Crippen LogP contribution in [0, 0.1) is 6.92 Å². The molecule has 0 atom stereocenters. The van der Waals surface area contributed by atoms with Gasteiger partial charge in [-0.15, -0.1) is 0 Å². The smallest absolute Gasteiger partial charge is 0.160 e. The van der Waals surface area contributed by atoms with Crippen LogP contribution < -0.4 is 0 Å². The molecule has 0 aromatic heterocycles. The minimum Gasteiger partial charge on any atom is -0.295 e. The van der Waals surface area contributed by atoms with Crippen LogP contribution in [0.15, 0.2) is 35.5 Å². The van der Waals surface area contributed by atoms with E-state index in [9.17, 15) is 4.79 Å². The molecule has 0 saturated heterocycles. The van der Waals surface area contributed by atoms with Crippen molar-refractivity contribution in [3.8, 4) is 0 Å². The average molecular weight is 201 g/mol. The number of allylic oxidation sites excluding steroid dienone is 1. The largest absolute Gasteiger partial charge is 0.295 e. The molecule has 15 heavy (non-hydrogen) atoms. The molecule has 2 nitrogen and oxygen atoms in total. The number of ketones is 1. The van der Waals surface area contributed by atoms with Crippen LogP contribution in [0.5, 0.6) is 0 Å². The van der Waals surface area contributed by atoms with Crippen LogP contribution in [-0.4, -0.2) is 12.0 Å². The van der Waals surface area contributed by atoms with E-state index in [4.69, 9.17) is 0 Å². The Morgan fingerprint density at radius 2 is 2.07 bits per heavy atom. The summed E-state index contributed by atoms with van der Waals surface area (Å²) in [6.07, 6.45) is 1.74. The normalized spacial score (nSPS) is 10.6. The Hall–Kier alpha value is -1.70. The first-order valence-electron chi connectivity index (χ1n) is 4.82. The fourth-order valence-electron chi connectivity index (χ4n) is 1.35. The van der Waals surface area contributed by atoms with Gasteiger partial charge in [0.25, 0.3) is 0 Å². The molecule has 78 valence electrons. The molecule has 0 aliphatic carbocycles. The van der Waals surface area contributed by atoms with Gasteiger partial charge >= 0.3 is 0 Å². The lowest BCUT2D eigenvalue weighted by molar-refractivity contribution is 0.101. The van der Waals surface area contributed by atoms with E-state index in [1.165, 1.54) is 0 Å². The molecule has 0 aliphatic heterocycles. The van der Waals surface area contributed by atoms with E-state index in [1.807, 2.05) is 32.0 Å². The molecule has 0 bridgehead atoms. The van der Waals surface area contributed by atoms with Crippen molar-refractivity contribution in [1.29, 1.82) is 0 Å². The van der Waals surface area contributed by atoms with E-state index in [2.05, 4.69) is 11.6 Å². The molecule has 0 radical (unpaired) electrons. The van der Waals surface area contributed by atoms with Crippen LogP contribution in [0.2, 0.25) is 0 Å². The summed E-state index contributed by atoms with van der Waals surface area (Å²) < 4.78 is 0. The van der Waals surface area contributed by atoms with Crippen molar-refractivity contribution < 1.29 is 4.79 Å². The summed E-state index contributed by atoms with van der Waals surface area (Å²) in [5.41, 5.74) is 3.43. The molecule has 1 aromatic carbocycles. The van der Waals surface area contributed by atoms with E-state index in [1.54, 1.807) is 13.1 Å². The van der Waals surface area contributed by atoms with Gasteiger partial charge in [-0.05, 0) is 31.9 Å². The lowest BCUT2D eigenvalue weighted by Gasteiger charge is -2.04. The van der Waals surface area contributed by atoms with Gasteiger partial charge in [0.15, 0.2) is 5.78 Å². The third-order valence-corrected chi connectivity index (χ3v) is 2.18. The summed E-state index contributed by atoms with van der Waals surface area (Å²) in [6, 6.07) is 5.63.